The molecule has 0 radical (unpaired) electrons. The number of nitrogens with two attached hydrogens (primary N) is 1. The summed E-state index contributed by atoms with van der Waals surface area (Å²) in [5.41, 5.74) is 2.40. The van der Waals surface area contributed by atoms with Crippen LogP contribution >= 0.6 is 11.3 Å². The zero-order chi connectivity index (χ0) is 14.9. The molecular formula is C15H22N4OS. The second-order valence-corrected chi connectivity index (χ2v) is 6.57. The second-order valence-electron chi connectivity index (χ2n) is 5.46. The number of rotatable bonds is 5. The van der Waals surface area contributed by atoms with Crippen LogP contribution in [-0.2, 0) is 16.8 Å². The van der Waals surface area contributed by atoms with Gasteiger partial charge in [-0.15, -0.1) is 11.3 Å². The van der Waals surface area contributed by atoms with E-state index in [0.29, 0.717) is 12.4 Å². The van der Waals surface area contributed by atoms with Crippen LogP contribution in [0.5, 0.6) is 0 Å². The molecule has 2 heterocycles. The number of nitrogens with one attached hydrogen (secondary N) is 1. The van der Waals surface area contributed by atoms with Gasteiger partial charge in [0.05, 0.1) is 5.39 Å². The summed E-state index contributed by atoms with van der Waals surface area (Å²) in [6.07, 6.45) is 5.30. The van der Waals surface area contributed by atoms with Gasteiger partial charge in [-0.2, -0.15) is 0 Å². The van der Waals surface area contributed by atoms with Crippen molar-refractivity contribution in [1.82, 2.24) is 9.97 Å². The summed E-state index contributed by atoms with van der Waals surface area (Å²) < 4.78 is 6.07. The minimum atomic E-state index is -0.328. The number of thiophene rings is 1. The van der Waals surface area contributed by atoms with Crippen LogP contribution in [0.3, 0.4) is 0 Å². The predicted molar refractivity (Wildman–Crippen MR) is 86.4 cm³/mol. The summed E-state index contributed by atoms with van der Waals surface area (Å²) in [6, 6.07) is 2.13. The van der Waals surface area contributed by atoms with E-state index >= 15 is 0 Å². The van der Waals surface area contributed by atoms with Crippen LogP contribution in [0.4, 0.5) is 5.82 Å². The second kappa shape index (κ2) is 5.87. The summed E-state index contributed by atoms with van der Waals surface area (Å²) in [4.78, 5) is 11.8. The molecule has 1 aliphatic rings. The van der Waals surface area contributed by atoms with Crippen molar-refractivity contribution < 1.29 is 4.74 Å². The number of ether oxygens (including phenoxy) is 1. The minimum Gasteiger partial charge on any atom is -0.367 e. The number of nitrogen functional groups attached to an aromatic ring is 1. The van der Waals surface area contributed by atoms with Gasteiger partial charge >= 0.3 is 0 Å². The molecule has 2 aromatic rings. The van der Waals surface area contributed by atoms with Gasteiger partial charge in [0, 0.05) is 11.5 Å². The van der Waals surface area contributed by atoms with Gasteiger partial charge in [0.1, 0.15) is 10.4 Å². The zero-order valence-corrected chi connectivity index (χ0v) is 13.4. The van der Waals surface area contributed by atoms with Crippen molar-refractivity contribution in [1.29, 1.82) is 0 Å². The molecule has 114 valence electrons. The molecule has 0 amide bonds. The maximum Gasteiger partial charge on any atom is 0.164 e. The third-order valence-electron chi connectivity index (χ3n) is 4.17. The van der Waals surface area contributed by atoms with E-state index in [1.54, 1.807) is 11.3 Å². The third kappa shape index (κ3) is 2.52. The molecule has 2 aromatic heterocycles. The normalized spacial score (nSPS) is 17.5. The third-order valence-corrected chi connectivity index (χ3v) is 5.34. The van der Waals surface area contributed by atoms with Crippen molar-refractivity contribution in [3.63, 3.8) is 0 Å². The summed E-state index contributed by atoms with van der Waals surface area (Å²) in [7, 11) is 0. The molecule has 0 unspecified atom stereocenters. The lowest BCUT2D eigenvalue weighted by Crippen LogP contribution is -2.29. The molecule has 6 heteroatoms. The van der Waals surface area contributed by atoms with Gasteiger partial charge in [-0.3, -0.25) is 0 Å². The highest BCUT2D eigenvalue weighted by atomic mass is 32.1. The minimum absolute atomic E-state index is 0.328. The van der Waals surface area contributed by atoms with Crippen LogP contribution in [0, 0.1) is 0 Å². The highest BCUT2D eigenvalue weighted by molar-refractivity contribution is 7.18. The van der Waals surface area contributed by atoms with E-state index in [1.165, 1.54) is 4.88 Å². The Kier molecular flexibility index (Phi) is 4.10. The summed E-state index contributed by atoms with van der Waals surface area (Å²) in [5.74, 6) is 7.16. The Morgan fingerprint density at radius 1 is 1.33 bits per heavy atom. The van der Waals surface area contributed by atoms with E-state index < -0.39 is 0 Å². The number of hydrogen-bond donors (Lipinski definition) is 2. The van der Waals surface area contributed by atoms with E-state index in [0.717, 1.165) is 48.1 Å². The molecule has 0 aromatic carbocycles. The van der Waals surface area contributed by atoms with Gasteiger partial charge in [0.2, 0.25) is 0 Å². The maximum atomic E-state index is 6.07. The number of hydrazine groups is 1. The summed E-state index contributed by atoms with van der Waals surface area (Å²) in [5, 5.41) is 1.01. The molecule has 1 fully saturated rings. The van der Waals surface area contributed by atoms with Crippen molar-refractivity contribution in [2.24, 2.45) is 5.84 Å². The molecule has 0 aliphatic heterocycles. The lowest BCUT2D eigenvalue weighted by Gasteiger charge is -2.27. The van der Waals surface area contributed by atoms with Crippen LogP contribution in [-0.4, -0.2) is 16.6 Å². The number of hydrogen-bond acceptors (Lipinski definition) is 6. The Hall–Kier alpha value is -1.24. The SMILES string of the molecule is CCOC1(c2nc(NN)c3cc(CC)sc3n2)CCCC1. The Morgan fingerprint density at radius 3 is 2.71 bits per heavy atom. The molecule has 5 nitrogen and oxygen atoms in total. The van der Waals surface area contributed by atoms with Crippen molar-refractivity contribution in [3.05, 3.63) is 16.8 Å². The van der Waals surface area contributed by atoms with Crippen LogP contribution < -0.4 is 11.3 Å². The Balaban J connectivity index is 2.13. The van der Waals surface area contributed by atoms with Crippen LogP contribution in [0.25, 0.3) is 10.2 Å². The molecule has 0 spiro atoms. The van der Waals surface area contributed by atoms with Crippen molar-refractivity contribution in [3.8, 4) is 0 Å². The smallest absolute Gasteiger partial charge is 0.164 e. The predicted octanol–water partition coefficient (Wildman–Crippen LogP) is 3.35. The van der Waals surface area contributed by atoms with Crippen molar-refractivity contribution in [2.75, 3.05) is 12.0 Å². The first-order valence-electron chi connectivity index (χ1n) is 7.64. The average molecular weight is 306 g/mol. The Morgan fingerprint density at radius 2 is 2.10 bits per heavy atom. The molecule has 3 rings (SSSR count). The van der Waals surface area contributed by atoms with E-state index in [-0.39, 0.29) is 5.60 Å². The molecule has 1 saturated carbocycles. The fourth-order valence-electron chi connectivity index (χ4n) is 3.11. The number of fused-ring (bicyclic) bond motifs is 1. The molecule has 0 saturated heterocycles. The number of anilines is 1. The molecule has 0 atom stereocenters. The van der Waals surface area contributed by atoms with Gasteiger partial charge < -0.3 is 10.2 Å². The monoisotopic (exact) mass is 306 g/mol. The highest BCUT2D eigenvalue weighted by Gasteiger charge is 2.39. The molecule has 1 aliphatic carbocycles. The first kappa shape index (κ1) is 14.7. The van der Waals surface area contributed by atoms with Crippen molar-refractivity contribution >= 4 is 27.4 Å². The van der Waals surface area contributed by atoms with Crippen LogP contribution in [0.15, 0.2) is 6.07 Å². The van der Waals surface area contributed by atoms with Crippen LogP contribution in [0.1, 0.15) is 50.2 Å². The standard InChI is InChI=1S/C15H22N4OS/c1-3-10-9-11-12(19-16)17-14(18-13(11)21-10)15(20-4-2)7-5-6-8-15/h9H,3-8,16H2,1-2H3,(H,17,18,19). The van der Waals surface area contributed by atoms with Gasteiger partial charge in [-0.1, -0.05) is 6.92 Å². The molecule has 21 heavy (non-hydrogen) atoms. The van der Waals surface area contributed by atoms with E-state index in [1.807, 2.05) is 6.92 Å². The maximum absolute atomic E-state index is 6.07. The molecule has 0 bridgehead atoms. The average Bonchev–Trinajstić information content (AvgIpc) is 3.13. The van der Waals surface area contributed by atoms with E-state index in [4.69, 9.17) is 15.6 Å². The van der Waals surface area contributed by atoms with Crippen molar-refractivity contribution in [2.45, 2.75) is 51.6 Å². The first-order valence-corrected chi connectivity index (χ1v) is 8.45. The van der Waals surface area contributed by atoms with E-state index in [9.17, 15) is 0 Å². The zero-order valence-electron chi connectivity index (χ0n) is 12.6. The number of aromatic nitrogens is 2. The summed E-state index contributed by atoms with van der Waals surface area (Å²) in [6.45, 7) is 4.85. The van der Waals surface area contributed by atoms with Gasteiger partial charge in [-0.25, -0.2) is 15.8 Å². The topological polar surface area (TPSA) is 73.1 Å². The largest absolute Gasteiger partial charge is 0.367 e. The molecule has 3 N–H and O–H groups in total. The summed E-state index contributed by atoms with van der Waals surface area (Å²) >= 11 is 1.71. The Labute approximate surface area is 128 Å². The lowest BCUT2D eigenvalue weighted by molar-refractivity contribution is -0.0453. The fourth-order valence-corrected chi connectivity index (χ4v) is 4.08. The van der Waals surface area contributed by atoms with Gasteiger partial charge in [0.25, 0.3) is 0 Å². The van der Waals surface area contributed by atoms with Gasteiger partial charge in [-0.05, 0) is 45.1 Å². The fraction of sp³-hybridized carbons (Fsp3) is 0.600. The highest BCUT2D eigenvalue weighted by Crippen LogP contribution is 2.42. The number of nitrogens with zero attached hydrogens (tertiary/aromatic N) is 2. The Bertz CT molecular complexity index is 634. The first-order chi connectivity index (χ1) is 10.2. The van der Waals surface area contributed by atoms with E-state index in [2.05, 4.69) is 23.4 Å². The quantitative estimate of drug-likeness (QED) is 0.654. The lowest BCUT2D eigenvalue weighted by atomic mass is 10.0. The van der Waals surface area contributed by atoms with Crippen LogP contribution in [0.2, 0.25) is 0 Å². The number of aryl methyl sites for hydroxylation is 1. The van der Waals surface area contributed by atoms with Gasteiger partial charge in [0.15, 0.2) is 11.6 Å². The molecular weight excluding hydrogens is 284 g/mol.